The summed E-state index contributed by atoms with van der Waals surface area (Å²) in [6, 6.07) is 27.2. The Balaban J connectivity index is 1.51. The fourth-order valence-corrected chi connectivity index (χ4v) is 4.45. The quantitative estimate of drug-likeness (QED) is 0.179. The Bertz CT molecular complexity index is 1470. The number of rotatable bonds is 13. The molecule has 0 aliphatic carbocycles. The van der Waals surface area contributed by atoms with Crippen molar-refractivity contribution in [2.45, 2.75) is 25.8 Å². The Hall–Kier alpha value is -4.79. The number of carbonyl (C=O) groups excluding carboxylic acids is 2. The highest BCUT2D eigenvalue weighted by Crippen LogP contribution is 2.29. The Morgan fingerprint density at radius 1 is 0.810 bits per heavy atom. The first-order chi connectivity index (χ1) is 20.2. The number of carbonyl (C=O) groups is 2. The summed E-state index contributed by atoms with van der Waals surface area (Å²) < 4.78 is 47.2. The molecule has 1 aromatic heterocycles. The molecule has 0 saturated heterocycles. The van der Waals surface area contributed by atoms with Crippen LogP contribution in [0, 0.1) is 0 Å². The molecular weight excluding hydrogens is 543 g/mol. The molecule has 0 N–H and O–H groups in total. The highest BCUT2D eigenvalue weighted by molar-refractivity contribution is 5.85. The molecule has 3 aromatic carbocycles. The predicted molar refractivity (Wildman–Crippen MR) is 154 cm³/mol. The second-order valence-corrected chi connectivity index (χ2v) is 9.73. The lowest BCUT2D eigenvalue weighted by atomic mass is 10.1. The summed E-state index contributed by atoms with van der Waals surface area (Å²) in [7, 11) is 0. The van der Waals surface area contributed by atoms with Gasteiger partial charge in [0.25, 0.3) is 5.91 Å². The van der Waals surface area contributed by atoms with Gasteiger partial charge in [-0.25, -0.2) is 0 Å². The Morgan fingerprint density at radius 3 is 2.19 bits per heavy atom. The SMILES string of the molecule is C=CCN(CC(=O)N(Cc1ccccc1)Cc1cccn1Cc1cccc(C(F)(F)F)c1)C(=O)COc1ccccc1. The molecule has 0 fully saturated rings. The molecule has 4 rings (SSSR count). The van der Waals surface area contributed by atoms with Gasteiger partial charge in [-0.1, -0.05) is 66.7 Å². The topological polar surface area (TPSA) is 54.8 Å². The lowest BCUT2D eigenvalue weighted by molar-refractivity contribution is -0.141. The fourth-order valence-electron chi connectivity index (χ4n) is 4.45. The summed E-state index contributed by atoms with van der Waals surface area (Å²) in [4.78, 5) is 29.7. The van der Waals surface area contributed by atoms with Crippen molar-refractivity contribution in [1.29, 1.82) is 0 Å². The molecule has 2 amide bonds. The monoisotopic (exact) mass is 575 g/mol. The molecule has 0 atom stereocenters. The molecule has 4 aromatic rings. The lowest BCUT2D eigenvalue weighted by Crippen LogP contribution is -2.44. The zero-order valence-electron chi connectivity index (χ0n) is 23.0. The van der Waals surface area contributed by atoms with Gasteiger partial charge in [0.15, 0.2) is 6.61 Å². The molecule has 0 saturated carbocycles. The van der Waals surface area contributed by atoms with Crippen molar-refractivity contribution in [3.05, 3.63) is 138 Å². The van der Waals surface area contributed by atoms with Crippen LogP contribution in [-0.4, -0.2) is 45.9 Å². The van der Waals surface area contributed by atoms with Crippen LogP contribution in [0.25, 0.3) is 0 Å². The van der Waals surface area contributed by atoms with Gasteiger partial charge in [0.2, 0.25) is 5.91 Å². The number of hydrogen-bond donors (Lipinski definition) is 0. The van der Waals surface area contributed by atoms with Crippen LogP contribution >= 0.6 is 0 Å². The van der Waals surface area contributed by atoms with E-state index in [1.54, 1.807) is 53.6 Å². The summed E-state index contributed by atoms with van der Waals surface area (Å²) in [5, 5.41) is 0. The van der Waals surface area contributed by atoms with Crippen molar-refractivity contribution < 1.29 is 27.5 Å². The first kappa shape index (κ1) is 30.2. The minimum atomic E-state index is -4.44. The van der Waals surface area contributed by atoms with Crippen LogP contribution in [0.3, 0.4) is 0 Å². The third-order valence-corrected chi connectivity index (χ3v) is 6.59. The minimum absolute atomic E-state index is 0.161. The first-order valence-corrected chi connectivity index (χ1v) is 13.4. The average Bonchev–Trinajstić information content (AvgIpc) is 3.42. The second-order valence-electron chi connectivity index (χ2n) is 9.73. The zero-order chi connectivity index (χ0) is 30.0. The van der Waals surface area contributed by atoms with E-state index in [0.717, 1.165) is 23.4 Å². The molecule has 0 aliphatic rings. The largest absolute Gasteiger partial charge is 0.484 e. The van der Waals surface area contributed by atoms with E-state index >= 15 is 0 Å². The minimum Gasteiger partial charge on any atom is -0.484 e. The van der Waals surface area contributed by atoms with Crippen molar-refractivity contribution in [3.63, 3.8) is 0 Å². The van der Waals surface area contributed by atoms with E-state index in [0.29, 0.717) is 11.3 Å². The second kappa shape index (κ2) is 14.2. The Labute approximate surface area is 243 Å². The number of aromatic nitrogens is 1. The molecule has 0 spiro atoms. The average molecular weight is 576 g/mol. The van der Waals surface area contributed by atoms with Crippen molar-refractivity contribution in [2.24, 2.45) is 0 Å². The van der Waals surface area contributed by atoms with Crippen LogP contribution in [0.1, 0.15) is 22.4 Å². The summed E-state index contributed by atoms with van der Waals surface area (Å²) >= 11 is 0. The summed E-state index contributed by atoms with van der Waals surface area (Å²) in [5.74, 6) is -0.108. The van der Waals surface area contributed by atoms with Crippen molar-refractivity contribution >= 4 is 11.8 Å². The van der Waals surface area contributed by atoms with Crippen molar-refractivity contribution in [1.82, 2.24) is 14.4 Å². The molecule has 42 heavy (non-hydrogen) atoms. The molecule has 0 radical (unpaired) electrons. The maximum atomic E-state index is 13.7. The fraction of sp³-hybridized carbons (Fsp3) is 0.212. The van der Waals surface area contributed by atoms with Gasteiger partial charge in [-0.05, 0) is 47.5 Å². The van der Waals surface area contributed by atoms with E-state index in [-0.39, 0.29) is 51.1 Å². The predicted octanol–water partition coefficient (Wildman–Crippen LogP) is 6.18. The Kier molecular flexibility index (Phi) is 10.2. The van der Waals surface area contributed by atoms with Gasteiger partial charge >= 0.3 is 6.18 Å². The van der Waals surface area contributed by atoms with Crippen molar-refractivity contribution in [3.8, 4) is 5.75 Å². The first-order valence-electron chi connectivity index (χ1n) is 13.4. The van der Waals surface area contributed by atoms with E-state index in [2.05, 4.69) is 6.58 Å². The van der Waals surface area contributed by atoms with Crippen LogP contribution in [0.2, 0.25) is 0 Å². The van der Waals surface area contributed by atoms with Gasteiger partial charge in [0.05, 0.1) is 12.1 Å². The molecule has 0 bridgehead atoms. The van der Waals surface area contributed by atoms with E-state index < -0.39 is 11.7 Å². The summed E-state index contributed by atoms with van der Waals surface area (Å²) in [5.41, 5.74) is 1.42. The molecule has 1 heterocycles. The number of ether oxygens (including phenoxy) is 1. The highest BCUT2D eigenvalue weighted by Gasteiger charge is 2.30. The Morgan fingerprint density at radius 2 is 1.50 bits per heavy atom. The highest BCUT2D eigenvalue weighted by atomic mass is 19.4. The molecular formula is C33H32F3N3O3. The number of amides is 2. The third kappa shape index (κ3) is 8.60. The molecule has 0 unspecified atom stereocenters. The van der Waals surface area contributed by atoms with Gasteiger partial charge in [-0.3, -0.25) is 9.59 Å². The molecule has 9 heteroatoms. The summed E-state index contributed by atoms with van der Waals surface area (Å²) in [6.07, 6.45) is -1.11. The van der Waals surface area contributed by atoms with Crippen LogP contribution in [0.4, 0.5) is 13.2 Å². The number of para-hydroxylation sites is 1. The third-order valence-electron chi connectivity index (χ3n) is 6.59. The number of hydrogen-bond acceptors (Lipinski definition) is 3. The lowest BCUT2D eigenvalue weighted by Gasteiger charge is -2.28. The number of halogens is 3. The smallest absolute Gasteiger partial charge is 0.416 e. The van der Waals surface area contributed by atoms with Gasteiger partial charge < -0.3 is 19.1 Å². The number of benzene rings is 3. The van der Waals surface area contributed by atoms with Gasteiger partial charge in [-0.2, -0.15) is 13.2 Å². The summed E-state index contributed by atoms with van der Waals surface area (Å²) in [6.45, 7) is 4.14. The maximum Gasteiger partial charge on any atom is 0.416 e. The van der Waals surface area contributed by atoms with Gasteiger partial charge in [0.1, 0.15) is 12.3 Å². The van der Waals surface area contributed by atoms with Crippen LogP contribution in [0.5, 0.6) is 5.75 Å². The van der Waals surface area contributed by atoms with E-state index in [9.17, 15) is 22.8 Å². The van der Waals surface area contributed by atoms with Crippen LogP contribution < -0.4 is 4.74 Å². The maximum absolute atomic E-state index is 13.7. The van der Waals surface area contributed by atoms with E-state index in [1.165, 1.54) is 11.0 Å². The van der Waals surface area contributed by atoms with Crippen LogP contribution in [0.15, 0.2) is 116 Å². The van der Waals surface area contributed by atoms with Crippen molar-refractivity contribution in [2.75, 3.05) is 19.7 Å². The molecule has 218 valence electrons. The molecule has 6 nitrogen and oxygen atoms in total. The standard InChI is InChI=1S/C33H32F3N3O3/c1-2-18-38(32(41)25-42-30-16-7-4-8-17-30)24-31(40)39(21-26-11-5-3-6-12-26)23-29-15-10-19-37(29)22-27-13-9-14-28(20-27)33(34,35)36/h2-17,19-20H,1,18,21-25H2. The number of nitrogens with zero attached hydrogens (tertiary/aromatic N) is 3. The molecule has 0 aliphatic heterocycles. The van der Waals surface area contributed by atoms with Gasteiger partial charge in [0, 0.05) is 31.5 Å². The number of alkyl halides is 3. The van der Waals surface area contributed by atoms with E-state index in [1.807, 2.05) is 47.0 Å². The normalized spacial score (nSPS) is 11.1. The zero-order valence-corrected chi connectivity index (χ0v) is 23.0. The van der Waals surface area contributed by atoms with Crippen LogP contribution in [-0.2, 0) is 35.4 Å². The van der Waals surface area contributed by atoms with E-state index in [4.69, 9.17) is 4.74 Å². The van der Waals surface area contributed by atoms with Gasteiger partial charge in [-0.15, -0.1) is 6.58 Å².